The van der Waals surface area contributed by atoms with Gasteiger partial charge in [-0.3, -0.25) is 15.2 Å². The van der Waals surface area contributed by atoms with E-state index in [2.05, 4.69) is 20.8 Å². The van der Waals surface area contributed by atoms with Crippen LogP contribution >= 0.6 is 0 Å². The molecular formula is C18H24FN5O2. The summed E-state index contributed by atoms with van der Waals surface area (Å²) in [5.41, 5.74) is 2.67. The van der Waals surface area contributed by atoms with Crippen molar-refractivity contribution in [2.45, 2.75) is 19.3 Å². The van der Waals surface area contributed by atoms with E-state index in [-0.39, 0.29) is 18.1 Å². The zero-order valence-corrected chi connectivity index (χ0v) is 15.0. The van der Waals surface area contributed by atoms with Crippen LogP contribution in [0.5, 0.6) is 0 Å². The van der Waals surface area contributed by atoms with Crippen molar-refractivity contribution in [3.8, 4) is 11.3 Å². The highest BCUT2D eigenvalue weighted by Gasteiger charge is 2.08. The molecule has 1 heterocycles. The number of hydrogen-bond donors (Lipinski definition) is 3. The monoisotopic (exact) mass is 361 g/mol. The standard InChI is InChI=1S/C18H24FN5O2/c1-20-18(26)21-17(25)9-11-24(2)10-3-4-15-12-16(23-22-15)13-5-7-14(19)8-6-13/h5-8,12H,3-4,9-11H2,1-2H3,(H,22,23)(H2,20,21,25,26). The van der Waals surface area contributed by atoms with Crippen LogP contribution in [0.4, 0.5) is 9.18 Å². The predicted molar refractivity (Wildman–Crippen MR) is 97.0 cm³/mol. The first-order chi connectivity index (χ1) is 12.5. The molecule has 0 bridgehead atoms. The number of urea groups is 1. The van der Waals surface area contributed by atoms with Crippen molar-refractivity contribution in [3.05, 3.63) is 41.8 Å². The molecular weight excluding hydrogens is 337 g/mol. The minimum atomic E-state index is -0.492. The number of nitrogens with one attached hydrogen (secondary N) is 3. The number of benzene rings is 1. The van der Waals surface area contributed by atoms with Crippen LogP contribution in [0, 0.1) is 5.82 Å². The summed E-state index contributed by atoms with van der Waals surface area (Å²) >= 11 is 0. The van der Waals surface area contributed by atoms with Crippen LogP contribution in [0.15, 0.2) is 30.3 Å². The zero-order valence-electron chi connectivity index (χ0n) is 15.0. The molecule has 0 spiro atoms. The van der Waals surface area contributed by atoms with Gasteiger partial charge < -0.3 is 10.2 Å². The van der Waals surface area contributed by atoms with Gasteiger partial charge in [-0.15, -0.1) is 0 Å². The molecule has 0 saturated heterocycles. The molecule has 3 N–H and O–H groups in total. The average Bonchev–Trinajstić information content (AvgIpc) is 3.09. The fourth-order valence-electron chi connectivity index (χ4n) is 2.45. The number of aromatic nitrogens is 2. The number of aryl methyl sites for hydroxylation is 1. The first kappa shape index (κ1) is 19.6. The fraction of sp³-hybridized carbons (Fsp3) is 0.389. The van der Waals surface area contributed by atoms with Crippen LogP contribution in [0.3, 0.4) is 0 Å². The van der Waals surface area contributed by atoms with Crippen molar-refractivity contribution < 1.29 is 14.0 Å². The Kier molecular flexibility index (Phi) is 7.28. The van der Waals surface area contributed by atoms with E-state index >= 15 is 0 Å². The largest absolute Gasteiger partial charge is 0.341 e. The van der Waals surface area contributed by atoms with E-state index in [1.54, 1.807) is 12.1 Å². The Morgan fingerprint density at radius 1 is 1.23 bits per heavy atom. The molecule has 140 valence electrons. The van der Waals surface area contributed by atoms with Gasteiger partial charge in [0.05, 0.1) is 5.69 Å². The predicted octanol–water partition coefficient (Wildman–Crippen LogP) is 1.93. The Morgan fingerprint density at radius 3 is 2.65 bits per heavy atom. The van der Waals surface area contributed by atoms with Gasteiger partial charge in [0.1, 0.15) is 5.82 Å². The summed E-state index contributed by atoms with van der Waals surface area (Å²) in [6, 6.07) is 7.70. The highest BCUT2D eigenvalue weighted by Crippen LogP contribution is 2.18. The Labute approximate surface area is 152 Å². The summed E-state index contributed by atoms with van der Waals surface area (Å²) in [5, 5.41) is 11.8. The Morgan fingerprint density at radius 2 is 1.96 bits per heavy atom. The van der Waals surface area contributed by atoms with E-state index in [0.717, 1.165) is 36.3 Å². The second-order valence-corrected chi connectivity index (χ2v) is 6.07. The molecule has 2 rings (SSSR count). The van der Waals surface area contributed by atoms with Gasteiger partial charge in [-0.1, -0.05) is 0 Å². The SMILES string of the molecule is CNC(=O)NC(=O)CCN(C)CCCc1cc(-c2ccc(F)cc2)n[nH]1. The van der Waals surface area contributed by atoms with Gasteiger partial charge in [0, 0.05) is 31.3 Å². The third kappa shape index (κ3) is 6.29. The number of hydrogen-bond acceptors (Lipinski definition) is 4. The van der Waals surface area contributed by atoms with E-state index in [1.807, 2.05) is 18.0 Å². The normalized spacial score (nSPS) is 10.8. The number of imide groups is 1. The lowest BCUT2D eigenvalue weighted by atomic mass is 10.1. The minimum absolute atomic E-state index is 0.267. The molecule has 1 aromatic carbocycles. The van der Waals surface area contributed by atoms with Gasteiger partial charge in [0.15, 0.2) is 0 Å². The lowest BCUT2D eigenvalue weighted by molar-refractivity contribution is -0.120. The van der Waals surface area contributed by atoms with E-state index in [9.17, 15) is 14.0 Å². The Bertz CT molecular complexity index is 729. The summed E-state index contributed by atoms with van der Waals surface area (Å²) in [4.78, 5) is 24.6. The summed E-state index contributed by atoms with van der Waals surface area (Å²) in [5.74, 6) is -0.565. The van der Waals surface area contributed by atoms with Gasteiger partial charge in [0.2, 0.25) is 5.91 Å². The van der Waals surface area contributed by atoms with E-state index in [4.69, 9.17) is 0 Å². The molecule has 1 aromatic heterocycles. The summed E-state index contributed by atoms with van der Waals surface area (Å²) in [6.45, 7) is 1.39. The van der Waals surface area contributed by atoms with Gasteiger partial charge in [-0.2, -0.15) is 5.10 Å². The number of halogens is 1. The second kappa shape index (κ2) is 9.67. The molecule has 0 atom stereocenters. The van der Waals surface area contributed by atoms with E-state index in [0.29, 0.717) is 6.54 Å². The third-order valence-electron chi connectivity index (χ3n) is 3.96. The highest BCUT2D eigenvalue weighted by molar-refractivity contribution is 5.94. The molecule has 0 radical (unpaired) electrons. The number of carbonyl (C=O) groups excluding carboxylic acids is 2. The molecule has 8 heteroatoms. The molecule has 0 unspecified atom stereocenters. The number of nitrogens with zero attached hydrogens (tertiary/aromatic N) is 2. The quantitative estimate of drug-likeness (QED) is 0.670. The molecule has 0 aliphatic rings. The maximum atomic E-state index is 13.0. The number of carbonyl (C=O) groups is 2. The van der Waals surface area contributed by atoms with E-state index in [1.165, 1.54) is 19.2 Å². The number of amides is 3. The van der Waals surface area contributed by atoms with Crippen LogP contribution in [-0.2, 0) is 11.2 Å². The molecule has 0 aliphatic heterocycles. The molecule has 0 saturated carbocycles. The van der Waals surface area contributed by atoms with Gasteiger partial charge >= 0.3 is 6.03 Å². The third-order valence-corrected chi connectivity index (χ3v) is 3.96. The zero-order chi connectivity index (χ0) is 18.9. The van der Waals surface area contributed by atoms with Crippen LogP contribution in [-0.4, -0.2) is 54.2 Å². The smallest absolute Gasteiger partial charge is 0.321 e. The van der Waals surface area contributed by atoms with Crippen molar-refractivity contribution in [2.75, 3.05) is 27.2 Å². The number of rotatable bonds is 8. The van der Waals surface area contributed by atoms with Crippen molar-refractivity contribution in [3.63, 3.8) is 0 Å². The lowest BCUT2D eigenvalue weighted by Crippen LogP contribution is -2.38. The van der Waals surface area contributed by atoms with Crippen LogP contribution in [0.1, 0.15) is 18.5 Å². The van der Waals surface area contributed by atoms with E-state index < -0.39 is 6.03 Å². The molecule has 26 heavy (non-hydrogen) atoms. The average molecular weight is 361 g/mol. The lowest BCUT2D eigenvalue weighted by Gasteiger charge is -2.15. The Hall–Kier alpha value is -2.74. The van der Waals surface area contributed by atoms with Crippen molar-refractivity contribution in [1.29, 1.82) is 0 Å². The second-order valence-electron chi connectivity index (χ2n) is 6.07. The molecule has 0 aliphatic carbocycles. The summed E-state index contributed by atoms with van der Waals surface area (Å²) in [7, 11) is 3.40. The molecule has 7 nitrogen and oxygen atoms in total. The maximum absolute atomic E-state index is 13.0. The van der Waals surface area contributed by atoms with Crippen LogP contribution in [0.2, 0.25) is 0 Å². The maximum Gasteiger partial charge on any atom is 0.321 e. The van der Waals surface area contributed by atoms with Crippen LogP contribution in [0.25, 0.3) is 11.3 Å². The first-order valence-corrected chi connectivity index (χ1v) is 8.48. The molecule has 0 fully saturated rings. The first-order valence-electron chi connectivity index (χ1n) is 8.48. The van der Waals surface area contributed by atoms with Gasteiger partial charge in [-0.05, 0) is 56.8 Å². The summed E-state index contributed by atoms with van der Waals surface area (Å²) in [6.07, 6.45) is 1.99. The molecule has 2 aromatic rings. The van der Waals surface area contributed by atoms with Gasteiger partial charge in [-0.25, -0.2) is 9.18 Å². The van der Waals surface area contributed by atoms with Crippen molar-refractivity contribution in [1.82, 2.24) is 25.7 Å². The highest BCUT2D eigenvalue weighted by atomic mass is 19.1. The van der Waals surface area contributed by atoms with Crippen LogP contribution < -0.4 is 10.6 Å². The fourth-order valence-corrected chi connectivity index (χ4v) is 2.45. The minimum Gasteiger partial charge on any atom is -0.341 e. The number of aromatic amines is 1. The van der Waals surface area contributed by atoms with Crippen molar-refractivity contribution in [2.24, 2.45) is 0 Å². The topological polar surface area (TPSA) is 90.1 Å². The Balaban J connectivity index is 1.70. The van der Waals surface area contributed by atoms with Crippen molar-refractivity contribution >= 4 is 11.9 Å². The van der Waals surface area contributed by atoms with Gasteiger partial charge in [0.25, 0.3) is 0 Å². The number of H-pyrrole nitrogens is 1. The molecule has 3 amide bonds. The summed E-state index contributed by atoms with van der Waals surface area (Å²) < 4.78 is 13.0.